The lowest BCUT2D eigenvalue weighted by Crippen LogP contribution is -2.09. The number of aliphatic carboxylic acids is 1. The molecular weight excluding hydrogens is 348 g/mol. The zero-order chi connectivity index (χ0) is 17.1. The lowest BCUT2D eigenvalue weighted by atomic mass is 10.1. The first-order chi connectivity index (χ1) is 11.6. The van der Waals surface area contributed by atoms with Crippen molar-refractivity contribution >= 4 is 39.3 Å². The molecule has 124 valence electrons. The van der Waals surface area contributed by atoms with Gasteiger partial charge in [-0.25, -0.2) is 4.98 Å². The summed E-state index contributed by atoms with van der Waals surface area (Å²) in [4.78, 5) is 30.8. The summed E-state index contributed by atoms with van der Waals surface area (Å²) in [5.74, 6) is 0.206. The van der Waals surface area contributed by atoms with Crippen molar-refractivity contribution in [1.29, 1.82) is 0 Å². The Morgan fingerprint density at radius 2 is 2.29 bits per heavy atom. The maximum absolute atomic E-state index is 12.5. The highest BCUT2D eigenvalue weighted by molar-refractivity contribution is 7.99. The Bertz CT molecular complexity index is 949. The number of carbonyl (C=O) groups is 1. The highest BCUT2D eigenvalue weighted by Crippen LogP contribution is 2.33. The van der Waals surface area contributed by atoms with Crippen molar-refractivity contribution in [3.63, 3.8) is 0 Å². The SMILES string of the molecule is COc1cccc(-c2csc3nc(SCCC(=O)O)[nH]c(=O)c23)c1. The maximum Gasteiger partial charge on any atom is 0.304 e. The van der Waals surface area contributed by atoms with Gasteiger partial charge in [-0.3, -0.25) is 9.59 Å². The van der Waals surface area contributed by atoms with Gasteiger partial charge in [-0.15, -0.1) is 11.3 Å². The number of carboxylic acids is 1. The van der Waals surface area contributed by atoms with Gasteiger partial charge in [0.1, 0.15) is 10.6 Å². The average molecular weight is 362 g/mol. The summed E-state index contributed by atoms with van der Waals surface area (Å²) in [5.41, 5.74) is 1.47. The Morgan fingerprint density at radius 1 is 1.46 bits per heavy atom. The van der Waals surface area contributed by atoms with Gasteiger partial charge >= 0.3 is 5.97 Å². The number of thioether (sulfide) groups is 1. The van der Waals surface area contributed by atoms with Crippen LogP contribution in [0.15, 0.2) is 39.6 Å². The second kappa shape index (κ2) is 7.06. The van der Waals surface area contributed by atoms with Crippen LogP contribution in [0.5, 0.6) is 5.75 Å². The van der Waals surface area contributed by atoms with E-state index in [1.165, 1.54) is 23.1 Å². The maximum atomic E-state index is 12.5. The molecule has 6 nitrogen and oxygen atoms in total. The molecule has 0 fully saturated rings. The van der Waals surface area contributed by atoms with E-state index in [-0.39, 0.29) is 12.0 Å². The summed E-state index contributed by atoms with van der Waals surface area (Å²) in [6.07, 6.45) is 0.0198. The predicted octanol–water partition coefficient (Wildman–Crippen LogP) is 3.23. The predicted molar refractivity (Wildman–Crippen MR) is 95.2 cm³/mol. The van der Waals surface area contributed by atoms with Crippen LogP contribution < -0.4 is 10.3 Å². The van der Waals surface area contributed by atoms with Crippen molar-refractivity contribution in [3.8, 4) is 16.9 Å². The zero-order valence-corrected chi connectivity index (χ0v) is 14.4. The number of carboxylic acid groups (broad SMARTS) is 1. The lowest BCUT2D eigenvalue weighted by molar-refractivity contribution is -0.136. The van der Waals surface area contributed by atoms with E-state index in [4.69, 9.17) is 9.84 Å². The topological polar surface area (TPSA) is 92.3 Å². The van der Waals surface area contributed by atoms with Crippen molar-refractivity contribution in [3.05, 3.63) is 40.0 Å². The Morgan fingerprint density at radius 3 is 3.04 bits per heavy atom. The molecule has 2 N–H and O–H groups in total. The van der Waals surface area contributed by atoms with Gasteiger partial charge in [0.2, 0.25) is 0 Å². The number of hydrogen-bond acceptors (Lipinski definition) is 6. The normalized spacial score (nSPS) is 10.9. The third-order valence-electron chi connectivity index (χ3n) is 3.36. The quantitative estimate of drug-likeness (QED) is 0.517. The lowest BCUT2D eigenvalue weighted by Gasteiger charge is -2.04. The monoisotopic (exact) mass is 362 g/mol. The van der Waals surface area contributed by atoms with Gasteiger partial charge in [-0.2, -0.15) is 0 Å². The molecule has 0 spiro atoms. The number of benzene rings is 1. The van der Waals surface area contributed by atoms with E-state index < -0.39 is 5.97 Å². The molecule has 0 unspecified atom stereocenters. The number of aromatic amines is 1. The molecule has 0 aliphatic heterocycles. The summed E-state index contributed by atoms with van der Waals surface area (Å²) in [6.45, 7) is 0. The van der Waals surface area contributed by atoms with Crippen molar-refractivity contribution in [2.24, 2.45) is 0 Å². The van der Waals surface area contributed by atoms with Crippen LogP contribution in [0.3, 0.4) is 0 Å². The minimum absolute atomic E-state index is 0.0198. The molecule has 8 heteroatoms. The minimum Gasteiger partial charge on any atom is -0.497 e. The van der Waals surface area contributed by atoms with E-state index in [2.05, 4.69) is 9.97 Å². The molecule has 0 amide bonds. The van der Waals surface area contributed by atoms with Crippen LogP contribution in [0.25, 0.3) is 21.3 Å². The minimum atomic E-state index is -0.873. The van der Waals surface area contributed by atoms with Crippen LogP contribution in [0.4, 0.5) is 0 Å². The highest BCUT2D eigenvalue weighted by Gasteiger charge is 2.14. The van der Waals surface area contributed by atoms with Gasteiger partial charge < -0.3 is 14.8 Å². The Kier molecular flexibility index (Phi) is 4.86. The summed E-state index contributed by atoms with van der Waals surface area (Å²) in [7, 11) is 1.60. The summed E-state index contributed by atoms with van der Waals surface area (Å²) >= 11 is 2.62. The Labute approximate surface area is 145 Å². The van der Waals surface area contributed by atoms with Crippen LogP contribution in [0, 0.1) is 0 Å². The number of thiophene rings is 1. The van der Waals surface area contributed by atoms with Gasteiger partial charge in [-0.1, -0.05) is 23.9 Å². The molecule has 2 heterocycles. The van der Waals surface area contributed by atoms with Gasteiger partial charge in [0.25, 0.3) is 5.56 Å². The molecular formula is C16H14N2O4S2. The van der Waals surface area contributed by atoms with Gasteiger partial charge in [0.15, 0.2) is 5.16 Å². The highest BCUT2D eigenvalue weighted by atomic mass is 32.2. The molecule has 0 saturated heterocycles. The molecule has 24 heavy (non-hydrogen) atoms. The van der Waals surface area contributed by atoms with Crippen LogP contribution in [-0.2, 0) is 4.79 Å². The number of nitrogens with one attached hydrogen (secondary N) is 1. The van der Waals surface area contributed by atoms with Crippen molar-refractivity contribution in [1.82, 2.24) is 9.97 Å². The zero-order valence-electron chi connectivity index (χ0n) is 12.7. The number of nitrogens with zero attached hydrogens (tertiary/aromatic N) is 1. The molecule has 3 aromatic rings. The molecule has 1 aromatic carbocycles. The molecule has 0 saturated carbocycles. The van der Waals surface area contributed by atoms with Crippen LogP contribution in [0.2, 0.25) is 0 Å². The fraction of sp³-hybridized carbons (Fsp3) is 0.188. The molecule has 0 bridgehead atoms. The largest absolute Gasteiger partial charge is 0.497 e. The van der Waals surface area contributed by atoms with Crippen molar-refractivity contribution < 1.29 is 14.6 Å². The second-order valence-corrected chi connectivity index (χ2v) is 6.87. The molecule has 2 aromatic heterocycles. The van der Waals surface area contributed by atoms with Crippen LogP contribution in [-0.4, -0.2) is 33.9 Å². The van der Waals surface area contributed by atoms with Crippen LogP contribution in [0.1, 0.15) is 6.42 Å². The van der Waals surface area contributed by atoms with Crippen LogP contribution >= 0.6 is 23.1 Å². The number of fused-ring (bicyclic) bond motifs is 1. The molecule has 0 atom stereocenters. The van der Waals surface area contributed by atoms with E-state index in [0.717, 1.165) is 16.9 Å². The first-order valence-electron chi connectivity index (χ1n) is 7.09. The molecule has 0 radical (unpaired) electrons. The number of H-pyrrole nitrogens is 1. The third kappa shape index (κ3) is 3.44. The smallest absolute Gasteiger partial charge is 0.304 e. The summed E-state index contributed by atoms with van der Waals surface area (Å²) in [5, 5.41) is 11.5. The number of aromatic nitrogens is 2. The number of hydrogen-bond donors (Lipinski definition) is 2. The Hall–Kier alpha value is -2.32. The van der Waals surface area contributed by atoms with E-state index in [0.29, 0.717) is 21.1 Å². The average Bonchev–Trinajstić information content (AvgIpc) is 2.99. The third-order valence-corrected chi connectivity index (χ3v) is 5.10. The molecule has 0 aliphatic carbocycles. The first-order valence-corrected chi connectivity index (χ1v) is 8.95. The fourth-order valence-electron chi connectivity index (χ4n) is 2.24. The van der Waals surface area contributed by atoms with E-state index in [9.17, 15) is 9.59 Å². The van der Waals surface area contributed by atoms with Crippen molar-refractivity contribution in [2.45, 2.75) is 11.6 Å². The summed E-state index contributed by atoms with van der Waals surface area (Å²) in [6, 6.07) is 7.50. The number of ether oxygens (including phenoxy) is 1. The van der Waals surface area contributed by atoms with E-state index >= 15 is 0 Å². The second-order valence-electron chi connectivity index (χ2n) is 4.92. The van der Waals surface area contributed by atoms with Gasteiger partial charge in [0.05, 0.1) is 18.9 Å². The van der Waals surface area contributed by atoms with Crippen molar-refractivity contribution in [2.75, 3.05) is 12.9 Å². The Balaban J connectivity index is 1.97. The first kappa shape index (κ1) is 16.5. The fourth-order valence-corrected chi connectivity index (χ4v) is 4.03. The van der Waals surface area contributed by atoms with Gasteiger partial charge in [0, 0.05) is 16.7 Å². The number of rotatable bonds is 6. The van der Waals surface area contributed by atoms with Gasteiger partial charge in [-0.05, 0) is 17.7 Å². The summed E-state index contributed by atoms with van der Waals surface area (Å²) < 4.78 is 5.23. The molecule has 0 aliphatic rings. The standard InChI is InChI=1S/C16H14N2O4S2/c1-22-10-4-2-3-9(7-10)11-8-24-15-13(11)14(21)17-16(18-15)23-6-5-12(19)20/h2-4,7-8H,5-6H2,1H3,(H,19,20)(H,17,18,21). The van der Waals surface area contributed by atoms with E-state index in [1.54, 1.807) is 7.11 Å². The van der Waals surface area contributed by atoms with E-state index in [1.807, 2.05) is 29.6 Å². The molecule has 3 rings (SSSR count). The number of methoxy groups -OCH3 is 1.